The van der Waals surface area contributed by atoms with Crippen LogP contribution in [0.5, 0.6) is 0 Å². The maximum Gasteiger partial charge on any atom is 0.410 e. The van der Waals surface area contributed by atoms with Gasteiger partial charge in [-0.25, -0.2) is 9.78 Å². The molecule has 12 heteroatoms. The van der Waals surface area contributed by atoms with Gasteiger partial charge in [-0.2, -0.15) is 15.3 Å². The van der Waals surface area contributed by atoms with Gasteiger partial charge in [0.2, 0.25) is 0 Å². The molecule has 0 unspecified atom stereocenters. The van der Waals surface area contributed by atoms with Gasteiger partial charge in [0.1, 0.15) is 16.8 Å². The van der Waals surface area contributed by atoms with Crippen LogP contribution in [0.15, 0.2) is 67.8 Å². The number of carbonyl (C=O) groups is 1. The van der Waals surface area contributed by atoms with Gasteiger partial charge in [-0.1, -0.05) is 0 Å². The Bertz CT molecular complexity index is 1930. The number of hydrogen-bond acceptors (Lipinski definition) is 7. The van der Waals surface area contributed by atoms with Gasteiger partial charge in [0, 0.05) is 67.2 Å². The summed E-state index contributed by atoms with van der Waals surface area (Å²) in [6, 6.07) is 6.42. The molecule has 0 atom stereocenters. The van der Waals surface area contributed by atoms with E-state index in [1.165, 1.54) is 0 Å². The molecule has 6 aromatic rings. The van der Waals surface area contributed by atoms with Gasteiger partial charge in [0.05, 0.1) is 48.6 Å². The Morgan fingerprint density at radius 1 is 0.884 bits per heavy atom. The van der Waals surface area contributed by atoms with E-state index in [4.69, 9.17) is 9.72 Å². The van der Waals surface area contributed by atoms with Crippen molar-refractivity contribution in [1.82, 2.24) is 48.6 Å². The molecule has 1 aliphatic heterocycles. The van der Waals surface area contributed by atoms with Crippen LogP contribution in [0.3, 0.4) is 0 Å². The molecule has 220 valence electrons. The Balaban J connectivity index is 1.09. The van der Waals surface area contributed by atoms with Crippen molar-refractivity contribution in [2.75, 3.05) is 13.1 Å². The quantitative estimate of drug-likeness (QED) is 0.284. The van der Waals surface area contributed by atoms with Gasteiger partial charge < -0.3 is 14.0 Å². The van der Waals surface area contributed by atoms with Crippen LogP contribution >= 0.6 is 0 Å². The lowest BCUT2D eigenvalue weighted by Crippen LogP contribution is -2.42. The molecule has 0 bridgehead atoms. The van der Waals surface area contributed by atoms with E-state index in [0.29, 0.717) is 19.6 Å². The molecule has 1 fully saturated rings. The molecular formula is C31H34N10O2. The highest BCUT2D eigenvalue weighted by Gasteiger charge is 2.28. The predicted molar refractivity (Wildman–Crippen MR) is 161 cm³/mol. The van der Waals surface area contributed by atoms with Crippen molar-refractivity contribution in [3.63, 3.8) is 0 Å². The molecule has 0 aliphatic carbocycles. The summed E-state index contributed by atoms with van der Waals surface area (Å²) in [5, 5.41) is 13.6. The van der Waals surface area contributed by atoms with Gasteiger partial charge >= 0.3 is 6.09 Å². The molecule has 0 saturated carbocycles. The van der Waals surface area contributed by atoms with Crippen molar-refractivity contribution < 1.29 is 9.53 Å². The number of nitrogens with zero attached hydrogens (tertiary/aromatic N) is 10. The van der Waals surface area contributed by atoms with E-state index >= 15 is 0 Å². The summed E-state index contributed by atoms with van der Waals surface area (Å²) >= 11 is 0. The Hall–Kier alpha value is -5.00. The SMILES string of the molecule is Cn1cc(-c2ccc3ncc(Cn4ncc5ncc(-c6cnn(C7CCN(C(=O)OC(C)(C)C)CC7)c6)cc54)n3c2)cn1. The zero-order valence-electron chi connectivity index (χ0n) is 24.8. The number of likely N-dealkylation sites (tertiary alicyclic amines) is 1. The minimum absolute atomic E-state index is 0.223. The first-order chi connectivity index (χ1) is 20.7. The normalized spacial score (nSPS) is 14.7. The zero-order chi connectivity index (χ0) is 29.7. The molecule has 0 N–H and O–H groups in total. The summed E-state index contributed by atoms with van der Waals surface area (Å²) < 4.78 is 13.4. The summed E-state index contributed by atoms with van der Waals surface area (Å²) in [6.45, 7) is 7.51. The highest BCUT2D eigenvalue weighted by atomic mass is 16.6. The second kappa shape index (κ2) is 10.4. The first-order valence-electron chi connectivity index (χ1n) is 14.5. The first kappa shape index (κ1) is 26.9. The molecule has 43 heavy (non-hydrogen) atoms. The lowest BCUT2D eigenvalue weighted by atomic mass is 10.1. The number of imidazole rings is 1. The minimum atomic E-state index is -0.494. The lowest BCUT2D eigenvalue weighted by molar-refractivity contribution is 0.0185. The average molecular weight is 579 g/mol. The molecular weight excluding hydrogens is 544 g/mol. The number of rotatable bonds is 5. The minimum Gasteiger partial charge on any atom is -0.444 e. The van der Waals surface area contributed by atoms with Gasteiger partial charge in [0.15, 0.2) is 0 Å². The van der Waals surface area contributed by atoms with Crippen molar-refractivity contribution in [3.05, 3.63) is 73.5 Å². The van der Waals surface area contributed by atoms with E-state index in [9.17, 15) is 4.79 Å². The van der Waals surface area contributed by atoms with Crippen LogP contribution in [0, 0.1) is 0 Å². The van der Waals surface area contributed by atoms with Crippen LogP contribution in [0.25, 0.3) is 38.9 Å². The third-order valence-electron chi connectivity index (χ3n) is 7.85. The Morgan fingerprint density at radius 2 is 1.67 bits per heavy atom. The summed E-state index contributed by atoms with van der Waals surface area (Å²) in [5.74, 6) is 0. The number of pyridine rings is 2. The molecule has 1 amide bonds. The van der Waals surface area contributed by atoms with Crippen molar-refractivity contribution >= 4 is 22.8 Å². The number of piperidine rings is 1. The Labute approximate surface area is 248 Å². The molecule has 0 spiro atoms. The number of ether oxygens (including phenoxy) is 1. The maximum absolute atomic E-state index is 12.5. The van der Waals surface area contributed by atoms with Crippen molar-refractivity contribution in [1.29, 1.82) is 0 Å². The molecule has 12 nitrogen and oxygen atoms in total. The first-order valence-corrected chi connectivity index (χ1v) is 14.5. The largest absolute Gasteiger partial charge is 0.444 e. The Morgan fingerprint density at radius 3 is 2.44 bits per heavy atom. The van der Waals surface area contributed by atoms with Crippen molar-refractivity contribution in [3.8, 4) is 22.3 Å². The van der Waals surface area contributed by atoms with Crippen LogP contribution in [-0.2, 0) is 18.3 Å². The maximum atomic E-state index is 12.5. The fraction of sp³-hybridized carbons (Fsp3) is 0.355. The number of hydrogen-bond donors (Lipinski definition) is 0. The fourth-order valence-electron chi connectivity index (χ4n) is 5.61. The number of aromatic nitrogens is 9. The van der Waals surface area contributed by atoms with E-state index in [-0.39, 0.29) is 12.1 Å². The molecule has 1 aliphatic rings. The fourth-order valence-corrected chi connectivity index (χ4v) is 5.61. The molecule has 1 saturated heterocycles. The van der Waals surface area contributed by atoms with E-state index in [1.54, 1.807) is 15.8 Å². The second-order valence-electron chi connectivity index (χ2n) is 12.1. The smallest absolute Gasteiger partial charge is 0.410 e. The monoisotopic (exact) mass is 578 g/mol. The average Bonchev–Trinajstić information content (AvgIpc) is 3.79. The standard InChI is InChI=1S/C31H34N10O2/c1-31(2,3)43-30(42)38-9-7-25(8-10-38)40-19-24(14-35-40)22-11-28-27(32-12-22)16-36-41(28)20-26-15-33-29-6-5-21(18-39(26)29)23-13-34-37(4)17-23/h5-6,11-19,25H,7-10,20H2,1-4H3. The van der Waals surface area contributed by atoms with Crippen molar-refractivity contribution in [2.24, 2.45) is 7.05 Å². The van der Waals surface area contributed by atoms with Gasteiger partial charge in [0.25, 0.3) is 0 Å². The van der Waals surface area contributed by atoms with Gasteiger partial charge in [-0.05, 0) is 51.8 Å². The third kappa shape index (κ3) is 5.36. The van der Waals surface area contributed by atoms with Crippen LogP contribution in [0.2, 0.25) is 0 Å². The zero-order valence-corrected chi connectivity index (χ0v) is 24.8. The summed E-state index contributed by atoms with van der Waals surface area (Å²) in [6.07, 6.45) is 16.9. The second-order valence-corrected chi connectivity index (χ2v) is 12.1. The summed E-state index contributed by atoms with van der Waals surface area (Å²) in [7, 11) is 1.91. The molecule has 7 rings (SSSR count). The van der Waals surface area contributed by atoms with Crippen LogP contribution in [-0.4, -0.2) is 73.4 Å². The van der Waals surface area contributed by atoms with Crippen LogP contribution in [0.4, 0.5) is 4.79 Å². The molecule has 7 heterocycles. The number of fused-ring (bicyclic) bond motifs is 2. The number of carbonyl (C=O) groups excluding carboxylic acids is 1. The van der Waals surface area contributed by atoms with E-state index in [1.807, 2.05) is 74.2 Å². The summed E-state index contributed by atoms with van der Waals surface area (Å²) in [5.41, 5.74) is 7.26. The highest BCUT2D eigenvalue weighted by Crippen LogP contribution is 2.28. The van der Waals surface area contributed by atoms with Gasteiger partial charge in [-0.15, -0.1) is 0 Å². The summed E-state index contributed by atoms with van der Waals surface area (Å²) in [4.78, 5) is 23.5. The van der Waals surface area contributed by atoms with E-state index in [2.05, 4.69) is 49.2 Å². The lowest BCUT2D eigenvalue weighted by Gasteiger charge is -2.33. The highest BCUT2D eigenvalue weighted by molar-refractivity contribution is 5.80. The van der Waals surface area contributed by atoms with Gasteiger partial charge in [-0.3, -0.25) is 19.0 Å². The van der Waals surface area contributed by atoms with E-state index < -0.39 is 5.60 Å². The predicted octanol–water partition coefficient (Wildman–Crippen LogP) is 4.96. The molecule has 0 radical (unpaired) electrons. The Kier molecular flexibility index (Phi) is 6.48. The van der Waals surface area contributed by atoms with Crippen LogP contribution in [0.1, 0.15) is 45.3 Å². The van der Waals surface area contributed by atoms with Crippen LogP contribution < -0.4 is 0 Å². The van der Waals surface area contributed by atoms with E-state index in [0.717, 1.165) is 57.5 Å². The molecule has 0 aromatic carbocycles. The third-order valence-corrected chi connectivity index (χ3v) is 7.85. The number of amides is 1. The number of aryl methyl sites for hydroxylation is 1. The van der Waals surface area contributed by atoms with Crippen molar-refractivity contribution in [2.45, 2.75) is 51.8 Å². The molecule has 6 aromatic heterocycles. The topological polar surface area (TPSA) is 113 Å².